The molecule has 1 atom stereocenters. The number of hydrogen-bond donors (Lipinski definition) is 0. The van der Waals surface area contributed by atoms with Crippen molar-refractivity contribution in [2.45, 2.75) is 51.6 Å². The van der Waals surface area contributed by atoms with Gasteiger partial charge in [0.15, 0.2) is 0 Å². The van der Waals surface area contributed by atoms with E-state index in [2.05, 4.69) is 22.2 Å². The molecule has 1 aliphatic heterocycles. The third-order valence-electron chi connectivity index (χ3n) is 3.52. The summed E-state index contributed by atoms with van der Waals surface area (Å²) in [5, 5.41) is 3.32. The van der Waals surface area contributed by atoms with Crippen molar-refractivity contribution < 1.29 is 9.53 Å². The summed E-state index contributed by atoms with van der Waals surface area (Å²) in [5.41, 5.74) is 1.09. The molecule has 1 aromatic rings. The lowest BCUT2D eigenvalue weighted by Crippen LogP contribution is -2.44. The van der Waals surface area contributed by atoms with E-state index in [1.165, 1.54) is 12.1 Å². The molecule has 0 N–H and O–H groups in total. The van der Waals surface area contributed by atoms with Gasteiger partial charge in [-0.2, -0.15) is 0 Å². The maximum Gasteiger partial charge on any atom is 0.323 e. The van der Waals surface area contributed by atoms with E-state index >= 15 is 0 Å². The minimum absolute atomic E-state index is 0.0879. The van der Waals surface area contributed by atoms with Gasteiger partial charge in [-0.25, -0.2) is 4.98 Å². The smallest absolute Gasteiger partial charge is 0.323 e. The molecular weight excluding hydrogens is 260 g/mol. The normalized spacial score (nSPS) is 20.4. The lowest BCUT2D eigenvalue weighted by molar-refractivity contribution is -0.148. The van der Waals surface area contributed by atoms with Crippen molar-refractivity contribution in [3.8, 4) is 0 Å². The van der Waals surface area contributed by atoms with Crippen LogP contribution >= 0.6 is 11.3 Å². The predicted molar refractivity (Wildman–Crippen MR) is 76.2 cm³/mol. The fraction of sp³-hybridized carbons (Fsp3) is 0.714. The summed E-state index contributed by atoms with van der Waals surface area (Å²) in [6, 6.07) is -0.0879. The average molecular weight is 282 g/mol. The lowest BCUT2D eigenvalue weighted by atomic mass is 10.0. The molecule has 0 radical (unpaired) electrons. The maximum absolute atomic E-state index is 11.8. The molecule has 2 rings (SSSR count). The van der Waals surface area contributed by atoms with Gasteiger partial charge in [0.05, 0.1) is 17.8 Å². The van der Waals surface area contributed by atoms with Gasteiger partial charge in [0.25, 0.3) is 0 Å². The first-order valence-electron chi connectivity index (χ1n) is 6.99. The van der Waals surface area contributed by atoms with Gasteiger partial charge in [-0.1, -0.05) is 13.3 Å². The van der Waals surface area contributed by atoms with Crippen LogP contribution in [0.4, 0.5) is 0 Å². The van der Waals surface area contributed by atoms with Crippen LogP contribution in [-0.4, -0.2) is 35.5 Å². The van der Waals surface area contributed by atoms with Crippen LogP contribution in [0.15, 0.2) is 5.38 Å². The van der Waals surface area contributed by atoms with E-state index in [0.717, 1.165) is 50.9 Å². The number of rotatable bonds is 5. The predicted octanol–water partition coefficient (Wildman–Crippen LogP) is 2.62. The molecule has 0 amide bonds. The van der Waals surface area contributed by atoms with Crippen molar-refractivity contribution >= 4 is 17.3 Å². The van der Waals surface area contributed by atoms with Crippen molar-refractivity contribution in [2.75, 3.05) is 13.7 Å². The van der Waals surface area contributed by atoms with Crippen LogP contribution in [-0.2, 0) is 22.5 Å². The fourth-order valence-corrected chi connectivity index (χ4v) is 3.43. The quantitative estimate of drug-likeness (QED) is 0.779. The zero-order valence-electron chi connectivity index (χ0n) is 11.7. The Morgan fingerprint density at radius 3 is 3.16 bits per heavy atom. The second-order valence-corrected chi connectivity index (χ2v) is 5.93. The second-order valence-electron chi connectivity index (χ2n) is 4.99. The Morgan fingerprint density at radius 2 is 2.42 bits per heavy atom. The highest BCUT2D eigenvalue weighted by Crippen LogP contribution is 2.21. The summed E-state index contributed by atoms with van der Waals surface area (Å²) in [7, 11) is 1.47. The number of piperidine rings is 1. The third-order valence-corrected chi connectivity index (χ3v) is 4.47. The highest BCUT2D eigenvalue weighted by molar-refractivity contribution is 7.09. The molecule has 4 nitrogen and oxygen atoms in total. The number of methoxy groups -OCH3 is 1. The summed E-state index contributed by atoms with van der Waals surface area (Å²) in [4.78, 5) is 18.6. The first-order chi connectivity index (χ1) is 9.24. The molecule has 106 valence electrons. The standard InChI is InChI=1S/C14H22N2O2S/c1-3-6-13-15-11(10-19-13)9-16-8-5-4-7-12(16)14(17)18-2/h10,12H,3-9H2,1-2H3/t12-/m1/s1. The Hall–Kier alpha value is -0.940. The van der Waals surface area contributed by atoms with Crippen molar-refractivity contribution in [1.82, 2.24) is 9.88 Å². The summed E-state index contributed by atoms with van der Waals surface area (Å²) < 4.78 is 4.90. The van der Waals surface area contributed by atoms with Gasteiger partial charge in [-0.3, -0.25) is 9.69 Å². The molecular formula is C14H22N2O2S. The van der Waals surface area contributed by atoms with E-state index < -0.39 is 0 Å². The van der Waals surface area contributed by atoms with Gasteiger partial charge in [0.2, 0.25) is 0 Å². The van der Waals surface area contributed by atoms with Crippen LogP contribution in [0, 0.1) is 0 Å². The number of carbonyl (C=O) groups excluding carboxylic acids is 1. The van der Waals surface area contributed by atoms with E-state index in [1.807, 2.05) is 0 Å². The molecule has 5 heteroatoms. The molecule has 1 aliphatic rings. The number of nitrogens with zero attached hydrogens (tertiary/aromatic N) is 2. The van der Waals surface area contributed by atoms with Gasteiger partial charge in [-0.05, 0) is 32.2 Å². The van der Waals surface area contributed by atoms with Gasteiger partial charge >= 0.3 is 5.97 Å². The summed E-state index contributed by atoms with van der Waals surface area (Å²) in [6.45, 7) is 3.89. The van der Waals surface area contributed by atoms with E-state index in [0.29, 0.717) is 0 Å². The SMILES string of the molecule is CCCc1nc(CN2CCCC[C@@H]2C(=O)OC)cs1. The van der Waals surface area contributed by atoms with Crippen molar-refractivity contribution in [3.05, 3.63) is 16.1 Å². The van der Waals surface area contributed by atoms with E-state index in [9.17, 15) is 4.79 Å². The Balaban J connectivity index is 2.00. The summed E-state index contributed by atoms with van der Waals surface area (Å²) >= 11 is 1.72. The van der Waals surface area contributed by atoms with Gasteiger partial charge < -0.3 is 4.74 Å². The molecule has 0 bridgehead atoms. The molecule has 0 spiro atoms. The van der Waals surface area contributed by atoms with Crippen LogP contribution < -0.4 is 0 Å². The maximum atomic E-state index is 11.8. The largest absolute Gasteiger partial charge is 0.468 e. The molecule has 0 saturated carbocycles. The topological polar surface area (TPSA) is 42.4 Å². The number of aromatic nitrogens is 1. The number of aryl methyl sites for hydroxylation is 1. The Labute approximate surface area is 118 Å². The van der Waals surface area contributed by atoms with Crippen LogP contribution in [0.25, 0.3) is 0 Å². The third kappa shape index (κ3) is 3.76. The first-order valence-corrected chi connectivity index (χ1v) is 7.87. The fourth-order valence-electron chi connectivity index (χ4n) is 2.54. The number of likely N-dealkylation sites (tertiary alicyclic amines) is 1. The lowest BCUT2D eigenvalue weighted by Gasteiger charge is -2.33. The van der Waals surface area contributed by atoms with E-state index in [1.54, 1.807) is 11.3 Å². The highest BCUT2D eigenvalue weighted by atomic mass is 32.1. The zero-order chi connectivity index (χ0) is 13.7. The zero-order valence-corrected chi connectivity index (χ0v) is 12.5. The van der Waals surface area contributed by atoms with Crippen molar-refractivity contribution in [3.63, 3.8) is 0 Å². The number of carbonyl (C=O) groups is 1. The van der Waals surface area contributed by atoms with Crippen molar-refractivity contribution in [1.29, 1.82) is 0 Å². The molecule has 1 saturated heterocycles. The minimum Gasteiger partial charge on any atom is -0.468 e. The van der Waals surface area contributed by atoms with Crippen LogP contribution in [0.1, 0.15) is 43.3 Å². The van der Waals surface area contributed by atoms with Crippen LogP contribution in [0.3, 0.4) is 0 Å². The number of thiazole rings is 1. The monoisotopic (exact) mass is 282 g/mol. The highest BCUT2D eigenvalue weighted by Gasteiger charge is 2.29. The Kier molecular flexibility index (Phi) is 5.34. The van der Waals surface area contributed by atoms with Gasteiger partial charge in [0, 0.05) is 11.9 Å². The molecule has 1 fully saturated rings. The van der Waals surface area contributed by atoms with Gasteiger partial charge in [0.1, 0.15) is 6.04 Å². The van der Waals surface area contributed by atoms with Crippen molar-refractivity contribution in [2.24, 2.45) is 0 Å². The molecule has 1 aromatic heterocycles. The number of hydrogen-bond acceptors (Lipinski definition) is 5. The number of esters is 1. The average Bonchev–Trinajstić information content (AvgIpc) is 2.86. The van der Waals surface area contributed by atoms with Crippen LogP contribution in [0.2, 0.25) is 0 Å². The Bertz CT molecular complexity index is 419. The van der Waals surface area contributed by atoms with E-state index in [4.69, 9.17) is 4.74 Å². The Morgan fingerprint density at radius 1 is 1.58 bits per heavy atom. The molecule has 0 unspecified atom stereocenters. The molecule has 0 aliphatic carbocycles. The second kappa shape index (κ2) is 7.01. The minimum atomic E-state index is -0.108. The summed E-state index contributed by atoms with van der Waals surface area (Å²) in [5.74, 6) is -0.108. The van der Waals surface area contributed by atoms with Crippen LogP contribution in [0.5, 0.6) is 0 Å². The summed E-state index contributed by atoms with van der Waals surface area (Å²) in [6.07, 6.45) is 5.33. The molecule has 0 aromatic carbocycles. The van der Waals surface area contributed by atoms with E-state index in [-0.39, 0.29) is 12.0 Å². The molecule has 19 heavy (non-hydrogen) atoms. The first kappa shape index (κ1) is 14.5. The van der Waals surface area contributed by atoms with Gasteiger partial charge in [-0.15, -0.1) is 11.3 Å². The molecule has 2 heterocycles. The number of ether oxygens (including phenoxy) is 1.